The zero-order valence-electron chi connectivity index (χ0n) is 18.5. The normalized spacial score (nSPS) is 10.7. The number of nitrogens with one attached hydrogen (secondary N) is 2. The Kier molecular flexibility index (Phi) is 6.58. The summed E-state index contributed by atoms with van der Waals surface area (Å²) in [7, 11) is 0. The number of nitrogen functional groups attached to an aromatic ring is 1. The highest BCUT2D eigenvalue weighted by Crippen LogP contribution is 2.20. The first-order chi connectivity index (χ1) is 16.4. The minimum atomic E-state index is -0.673. The second-order valence-corrected chi connectivity index (χ2v) is 7.78. The molecule has 0 saturated heterocycles. The number of aromatic nitrogens is 3. The van der Waals surface area contributed by atoms with Crippen LogP contribution in [-0.4, -0.2) is 27.2 Å². The van der Waals surface area contributed by atoms with E-state index < -0.39 is 17.2 Å². The van der Waals surface area contributed by atoms with E-state index in [9.17, 15) is 14.4 Å². The number of aryl methyl sites for hydroxylation is 1. The molecule has 0 atom stereocenters. The zero-order valence-corrected chi connectivity index (χ0v) is 18.5. The van der Waals surface area contributed by atoms with Crippen LogP contribution >= 0.6 is 0 Å². The summed E-state index contributed by atoms with van der Waals surface area (Å²) >= 11 is 0. The number of aromatic amines is 1. The molecule has 0 spiro atoms. The van der Waals surface area contributed by atoms with Gasteiger partial charge in [-0.2, -0.15) is 0 Å². The summed E-state index contributed by atoms with van der Waals surface area (Å²) in [6, 6.07) is 20.2. The van der Waals surface area contributed by atoms with E-state index in [0.717, 1.165) is 11.1 Å². The lowest BCUT2D eigenvalue weighted by molar-refractivity contribution is -0.115. The van der Waals surface area contributed by atoms with Crippen molar-refractivity contribution in [3.8, 4) is 0 Å². The molecule has 0 radical (unpaired) electrons. The molecule has 1 amide bonds. The molecule has 0 aliphatic carbocycles. The van der Waals surface area contributed by atoms with Gasteiger partial charge in [0.25, 0.3) is 5.56 Å². The average Bonchev–Trinajstić information content (AvgIpc) is 3.22. The van der Waals surface area contributed by atoms with Gasteiger partial charge >= 0.3 is 5.69 Å². The quantitative estimate of drug-likeness (QED) is 0.366. The van der Waals surface area contributed by atoms with Gasteiger partial charge in [0.15, 0.2) is 5.82 Å². The van der Waals surface area contributed by atoms with Crippen LogP contribution in [0.1, 0.15) is 16.9 Å². The number of carbonyl (C=O) groups is 1. The first kappa shape index (κ1) is 22.6. The van der Waals surface area contributed by atoms with Crippen molar-refractivity contribution < 1.29 is 9.32 Å². The Morgan fingerprint density at radius 1 is 1.09 bits per heavy atom. The predicted octanol–water partition coefficient (Wildman–Crippen LogP) is 2.11. The lowest BCUT2D eigenvalue weighted by atomic mass is 10.2. The van der Waals surface area contributed by atoms with Crippen LogP contribution in [0.4, 0.5) is 17.3 Å². The number of nitrogens with two attached hydrogens (primary N) is 1. The van der Waals surface area contributed by atoms with Gasteiger partial charge in [-0.1, -0.05) is 65.8 Å². The zero-order chi connectivity index (χ0) is 24.1. The SMILES string of the molecule is Cc1cc(NC(=O)CN(Cc2ccccc2)c2c(N)n(Cc3ccccc3)c(=O)[nH]c2=O)no1. The van der Waals surface area contributed by atoms with Crippen LogP contribution in [-0.2, 0) is 17.9 Å². The molecule has 0 saturated carbocycles. The Bertz CT molecular complexity index is 1390. The van der Waals surface area contributed by atoms with E-state index in [1.807, 2.05) is 60.7 Å². The van der Waals surface area contributed by atoms with Gasteiger partial charge in [0, 0.05) is 12.6 Å². The van der Waals surface area contributed by atoms with Crippen molar-refractivity contribution in [1.29, 1.82) is 0 Å². The smallest absolute Gasteiger partial charge is 0.330 e. The van der Waals surface area contributed by atoms with E-state index in [-0.39, 0.29) is 37.0 Å². The molecule has 4 N–H and O–H groups in total. The number of hydrogen-bond acceptors (Lipinski definition) is 7. The third-order valence-electron chi connectivity index (χ3n) is 5.16. The molecule has 2 aromatic carbocycles. The lowest BCUT2D eigenvalue weighted by Gasteiger charge is -2.25. The molecule has 0 aliphatic rings. The van der Waals surface area contributed by atoms with Crippen molar-refractivity contribution in [3.63, 3.8) is 0 Å². The molecule has 0 unspecified atom stereocenters. The van der Waals surface area contributed by atoms with E-state index in [0.29, 0.717) is 5.76 Å². The second kappa shape index (κ2) is 9.90. The average molecular weight is 460 g/mol. The van der Waals surface area contributed by atoms with Crippen LogP contribution in [0.2, 0.25) is 0 Å². The fraction of sp³-hybridized carbons (Fsp3) is 0.167. The van der Waals surface area contributed by atoms with Gasteiger partial charge in [-0.25, -0.2) is 4.79 Å². The summed E-state index contributed by atoms with van der Waals surface area (Å²) in [4.78, 5) is 42.1. The molecule has 4 aromatic rings. The van der Waals surface area contributed by atoms with Crippen molar-refractivity contribution in [2.75, 3.05) is 22.5 Å². The van der Waals surface area contributed by atoms with E-state index >= 15 is 0 Å². The van der Waals surface area contributed by atoms with Gasteiger partial charge in [0.1, 0.15) is 17.3 Å². The first-order valence-corrected chi connectivity index (χ1v) is 10.6. The molecular weight excluding hydrogens is 436 g/mol. The van der Waals surface area contributed by atoms with E-state index in [2.05, 4.69) is 15.5 Å². The number of hydrogen-bond donors (Lipinski definition) is 3. The van der Waals surface area contributed by atoms with Crippen LogP contribution in [0.15, 0.2) is 80.8 Å². The Hall–Kier alpha value is -4.60. The molecule has 2 aromatic heterocycles. The van der Waals surface area contributed by atoms with Crippen molar-refractivity contribution in [3.05, 3.63) is 104 Å². The number of benzene rings is 2. The second-order valence-electron chi connectivity index (χ2n) is 7.78. The molecule has 0 bridgehead atoms. The van der Waals surface area contributed by atoms with Crippen LogP contribution in [0.5, 0.6) is 0 Å². The molecule has 174 valence electrons. The minimum Gasteiger partial charge on any atom is -0.383 e. The molecule has 10 nitrogen and oxygen atoms in total. The number of anilines is 3. The number of rotatable bonds is 8. The highest BCUT2D eigenvalue weighted by molar-refractivity contribution is 5.93. The maximum Gasteiger partial charge on any atom is 0.330 e. The largest absolute Gasteiger partial charge is 0.383 e. The van der Waals surface area contributed by atoms with E-state index in [1.54, 1.807) is 13.0 Å². The number of carbonyl (C=O) groups excluding carboxylic acids is 1. The molecule has 0 aliphatic heterocycles. The van der Waals surface area contributed by atoms with Crippen molar-refractivity contribution in [1.82, 2.24) is 14.7 Å². The third kappa shape index (κ3) is 5.23. The molecule has 34 heavy (non-hydrogen) atoms. The summed E-state index contributed by atoms with van der Waals surface area (Å²) < 4.78 is 6.26. The van der Waals surface area contributed by atoms with Crippen LogP contribution in [0.25, 0.3) is 0 Å². The van der Waals surface area contributed by atoms with Crippen molar-refractivity contribution in [2.24, 2.45) is 0 Å². The predicted molar refractivity (Wildman–Crippen MR) is 129 cm³/mol. The topological polar surface area (TPSA) is 139 Å². The highest BCUT2D eigenvalue weighted by atomic mass is 16.5. The standard InChI is InChI=1S/C24H24N6O4/c1-16-12-19(28-34-16)26-20(31)15-29(13-17-8-4-2-5-9-17)21-22(25)30(24(33)27-23(21)32)14-18-10-6-3-7-11-18/h2-12H,13-15,25H2,1H3,(H,26,28,31)(H,27,32,33). The number of H-pyrrole nitrogens is 1. The fourth-order valence-corrected chi connectivity index (χ4v) is 3.60. The lowest BCUT2D eigenvalue weighted by Crippen LogP contribution is -2.41. The first-order valence-electron chi connectivity index (χ1n) is 10.6. The van der Waals surface area contributed by atoms with E-state index in [1.165, 1.54) is 9.47 Å². The Morgan fingerprint density at radius 2 is 1.74 bits per heavy atom. The summed E-state index contributed by atoms with van der Waals surface area (Å²) in [5.41, 5.74) is 6.78. The van der Waals surface area contributed by atoms with Gasteiger partial charge in [0.05, 0.1) is 13.1 Å². The molecular formula is C24H24N6O4. The molecule has 2 heterocycles. The highest BCUT2D eigenvalue weighted by Gasteiger charge is 2.22. The minimum absolute atomic E-state index is 0.0291. The van der Waals surface area contributed by atoms with Gasteiger partial charge in [-0.05, 0) is 18.1 Å². The Labute approximate surface area is 194 Å². The summed E-state index contributed by atoms with van der Waals surface area (Å²) in [6.45, 7) is 1.87. The summed E-state index contributed by atoms with van der Waals surface area (Å²) in [5.74, 6) is 0.352. The maximum absolute atomic E-state index is 12.9. The van der Waals surface area contributed by atoms with Gasteiger partial charge in [-0.15, -0.1) is 0 Å². The number of nitrogens with zero attached hydrogens (tertiary/aromatic N) is 3. The van der Waals surface area contributed by atoms with Gasteiger partial charge in [0.2, 0.25) is 5.91 Å². The Morgan fingerprint density at radius 3 is 2.35 bits per heavy atom. The molecule has 0 fully saturated rings. The van der Waals surface area contributed by atoms with Gasteiger partial charge < -0.3 is 20.5 Å². The van der Waals surface area contributed by atoms with E-state index in [4.69, 9.17) is 10.3 Å². The van der Waals surface area contributed by atoms with Crippen LogP contribution < -0.4 is 27.2 Å². The molecule has 10 heteroatoms. The third-order valence-corrected chi connectivity index (χ3v) is 5.16. The number of amides is 1. The summed E-state index contributed by atoms with van der Waals surface area (Å²) in [5, 5.41) is 6.41. The monoisotopic (exact) mass is 460 g/mol. The van der Waals surface area contributed by atoms with Crippen LogP contribution in [0, 0.1) is 6.92 Å². The maximum atomic E-state index is 12.9. The Balaban J connectivity index is 1.70. The van der Waals surface area contributed by atoms with Crippen molar-refractivity contribution in [2.45, 2.75) is 20.0 Å². The van der Waals surface area contributed by atoms with Crippen molar-refractivity contribution >= 4 is 23.2 Å². The van der Waals surface area contributed by atoms with Gasteiger partial charge in [-0.3, -0.25) is 19.1 Å². The molecule has 4 rings (SSSR count). The van der Waals surface area contributed by atoms with Crippen LogP contribution in [0.3, 0.4) is 0 Å². The summed E-state index contributed by atoms with van der Waals surface area (Å²) in [6.07, 6.45) is 0. The fourth-order valence-electron chi connectivity index (χ4n) is 3.60.